The van der Waals surface area contributed by atoms with E-state index in [1.54, 1.807) is 12.4 Å². The number of rotatable bonds is 9. The number of carboxylic acids is 1. The van der Waals surface area contributed by atoms with Crippen molar-refractivity contribution in [2.75, 3.05) is 5.32 Å². The Kier molecular flexibility index (Phi) is 6.96. The first-order valence-corrected chi connectivity index (χ1v) is 12.3. The van der Waals surface area contributed by atoms with Gasteiger partial charge in [0.05, 0.1) is 10.9 Å². The zero-order valence-electron chi connectivity index (χ0n) is 20.8. The van der Waals surface area contributed by atoms with Crippen molar-refractivity contribution in [1.29, 1.82) is 0 Å². The molecule has 5 rings (SSSR count). The average Bonchev–Trinajstić information content (AvgIpc) is 3.35. The smallest absolute Gasteiger partial charge is 0.335 e. The summed E-state index contributed by atoms with van der Waals surface area (Å²) in [6, 6.07) is 26.3. The molecule has 0 amide bonds. The molecule has 37 heavy (non-hydrogen) atoms. The third-order valence-electron chi connectivity index (χ3n) is 6.52. The van der Waals surface area contributed by atoms with Crippen molar-refractivity contribution in [3.8, 4) is 11.3 Å². The number of hydrogen-bond donors (Lipinski definition) is 4. The molecule has 0 spiro atoms. The maximum absolute atomic E-state index is 11.2. The van der Waals surface area contributed by atoms with E-state index in [9.17, 15) is 9.90 Å². The van der Waals surface area contributed by atoms with Crippen LogP contribution >= 0.6 is 0 Å². The number of benzene rings is 3. The van der Waals surface area contributed by atoms with E-state index in [4.69, 9.17) is 0 Å². The second kappa shape index (κ2) is 10.6. The number of carbonyl (C=O) groups is 1. The molecule has 1 unspecified atom stereocenters. The predicted octanol–water partition coefficient (Wildman–Crippen LogP) is 6.09. The van der Waals surface area contributed by atoms with E-state index in [0.717, 1.165) is 44.8 Å². The maximum Gasteiger partial charge on any atom is 0.335 e. The van der Waals surface area contributed by atoms with Crippen LogP contribution in [0.25, 0.3) is 22.3 Å². The SMILES string of the molecule is Cc1cc(CNCc2ccc(-c3cc4c(NC(C)c5ccccc5)ncnc4[nH]3)cc2)ccc1C(=O)O. The van der Waals surface area contributed by atoms with Crippen LogP contribution in [-0.4, -0.2) is 26.0 Å². The number of H-pyrrole nitrogens is 1. The van der Waals surface area contributed by atoms with E-state index >= 15 is 0 Å². The van der Waals surface area contributed by atoms with Crippen molar-refractivity contribution >= 4 is 22.8 Å². The number of hydrogen-bond acceptors (Lipinski definition) is 5. The monoisotopic (exact) mass is 491 g/mol. The van der Waals surface area contributed by atoms with Crippen LogP contribution in [0.15, 0.2) is 85.2 Å². The van der Waals surface area contributed by atoms with Crippen LogP contribution in [0.5, 0.6) is 0 Å². The van der Waals surface area contributed by atoms with Crippen molar-refractivity contribution in [3.63, 3.8) is 0 Å². The van der Waals surface area contributed by atoms with Crippen LogP contribution < -0.4 is 10.6 Å². The van der Waals surface area contributed by atoms with E-state index in [0.29, 0.717) is 18.7 Å². The maximum atomic E-state index is 11.2. The van der Waals surface area contributed by atoms with Gasteiger partial charge in [-0.3, -0.25) is 0 Å². The molecule has 0 radical (unpaired) electrons. The van der Waals surface area contributed by atoms with Crippen LogP contribution in [0.4, 0.5) is 5.82 Å². The van der Waals surface area contributed by atoms with Crippen molar-refractivity contribution in [1.82, 2.24) is 20.3 Å². The molecule has 0 bridgehead atoms. The second-order valence-corrected chi connectivity index (χ2v) is 9.20. The Bertz CT molecular complexity index is 1530. The van der Waals surface area contributed by atoms with Crippen LogP contribution in [0, 0.1) is 6.92 Å². The van der Waals surface area contributed by atoms with Crippen molar-refractivity contribution in [2.45, 2.75) is 33.0 Å². The van der Waals surface area contributed by atoms with Crippen LogP contribution in [0.1, 0.15) is 45.6 Å². The van der Waals surface area contributed by atoms with Gasteiger partial charge in [0.25, 0.3) is 0 Å². The fourth-order valence-corrected chi connectivity index (χ4v) is 4.47. The summed E-state index contributed by atoms with van der Waals surface area (Å²) in [5.41, 5.74) is 7.39. The van der Waals surface area contributed by atoms with E-state index in [1.165, 1.54) is 5.56 Å². The molecule has 2 heterocycles. The van der Waals surface area contributed by atoms with Gasteiger partial charge < -0.3 is 20.7 Å². The largest absolute Gasteiger partial charge is 0.478 e. The van der Waals surface area contributed by atoms with Gasteiger partial charge in [0.2, 0.25) is 0 Å². The van der Waals surface area contributed by atoms with Crippen molar-refractivity contribution in [3.05, 3.63) is 113 Å². The van der Waals surface area contributed by atoms with E-state index < -0.39 is 5.97 Å². The summed E-state index contributed by atoms with van der Waals surface area (Å²) >= 11 is 0. The molecule has 7 nitrogen and oxygen atoms in total. The molecule has 0 fully saturated rings. The molecule has 2 aromatic heterocycles. The topological polar surface area (TPSA) is 103 Å². The first-order chi connectivity index (χ1) is 18.0. The quantitative estimate of drug-likeness (QED) is 0.199. The Balaban J connectivity index is 1.25. The van der Waals surface area contributed by atoms with Gasteiger partial charge in [-0.2, -0.15) is 0 Å². The molecular formula is C30H29N5O2. The van der Waals surface area contributed by atoms with Gasteiger partial charge in [0.1, 0.15) is 17.8 Å². The molecule has 5 aromatic rings. The molecule has 3 aromatic carbocycles. The summed E-state index contributed by atoms with van der Waals surface area (Å²) in [7, 11) is 0. The fraction of sp³-hybridized carbons (Fsp3) is 0.167. The molecule has 0 saturated heterocycles. The van der Waals surface area contributed by atoms with Crippen LogP contribution in [0.2, 0.25) is 0 Å². The summed E-state index contributed by atoms with van der Waals surface area (Å²) in [5, 5.41) is 17.1. The Labute approximate surface area is 215 Å². The van der Waals surface area contributed by atoms with Gasteiger partial charge in [-0.05, 0) is 53.8 Å². The molecule has 1 atom stereocenters. The number of carboxylic acid groups (broad SMARTS) is 1. The lowest BCUT2D eigenvalue weighted by Crippen LogP contribution is -2.13. The number of fused-ring (bicyclic) bond motifs is 1. The lowest BCUT2D eigenvalue weighted by molar-refractivity contribution is 0.0696. The molecular weight excluding hydrogens is 462 g/mol. The Morgan fingerprint density at radius 2 is 1.68 bits per heavy atom. The van der Waals surface area contributed by atoms with E-state index in [1.807, 2.05) is 37.3 Å². The lowest BCUT2D eigenvalue weighted by atomic mass is 10.0. The highest BCUT2D eigenvalue weighted by Crippen LogP contribution is 2.29. The molecule has 0 saturated carbocycles. The standard InChI is InChI=1S/C30H29N5O2/c1-19-14-22(10-13-25(19)30(36)37)17-31-16-21-8-11-24(12-9-21)27-15-26-28(32-18-33-29(26)35-27)34-20(2)23-6-4-3-5-7-23/h3-15,18,20,31H,16-17H2,1-2H3,(H,36,37)(H2,32,33,34,35). The molecule has 7 heteroatoms. The van der Waals surface area contributed by atoms with Crippen molar-refractivity contribution < 1.29 is 9.90 Å². The zero-order valence-corrected chi connectivity index (χ0v) is 20.8. The number of anilines is 1. The van der Waals surface area contributed by atoms with Crippen LogP contribution in [-0.2, 0) is 13.1 Å². The van der Waals surface area contributed by atoms with Gasteiger partial charge in [0, 0.05) is 24.8 Å². The summed E-state index contributed by atoms with van der Waals surface area (Å²) in [6.07, 6.45) is 1.58. The third-order valence-corrected chi connectivity index (χ3v) is 6.52. The molecule has 186 valence electrons. The third kappa shape index (κ3) is 5.52. The van der Waals surface area contributed by atoms with E-state index in [2.05, 4.69) is 75.0 Å². The first-order valence-electron chi connectivity index (χ1n) is 12.3. The zero-order chi connectivity index (χ0) is 25.8. The fourth-order valence-electron chi connectivity index (χ4n) is 4.47. The molecule has 0 aliphatic heterocycles. The Hall–Kier alpha value is -4.49. The van der Waals surface area contributed by atoms with Gasteiger partial charge in [0.15, 0.2) is 0 Å². The van der Waals surface area contributed by atoms with E-state index in [-0.39, 0.29) is 6.04 Å². The van der Waals surface area contributed by atoms with Gasteiger partial charge in [-0.25, -0.2) is 14.8 Å². The summed E-state index contributed by atoms with van der Waals surface area (Å²) < 4.78 is 0. The summed E-state index contributed by atoms with van der Waals surface area (Å²) in [6.45, 7) is 5.32. The highest BCUT2D eigenvalue weighted by molar-refractivity contribution is 5.91. The Morgan fingerprint density at radius 1 is 0.946 bits per heavy atom. The normalized spacial score (nSPS) is 11.9. The minimum atomic E-state index is -0.895. The lowest BCUT2D eigenvalue weighted by Gasteiger charge is -2.15. The summed E-state index contributed by atoms with van der Waals surface area (Å²) in [4.78, 5) is 23.5. The highest BCUT2D eigenvalue weighted by Gasteiger charge is 2.13. The minimum absolute atomic E-state index is 0.114. The van der Waals surface area contributed by atoms with Crippen molar-refractivity contribution in [2.24, 2.45) is 0 Å². The Morgan fingerprint density at radius 3 is 2.41 bits per heavy atom. The average molecular weight is 492 g/mol. The number of aromatic nitrogens is 3. The number of aromatic carboxylic acids is 1. The molecule has 0 aliphatic rings. The predicted molar refractivity (Wildman–Crippen MR) is 146 cm³/mol. The number of nitrogens with one attached hydrogen (secondary N) is 3. The van der Waals surface area contributed by atoms with Gasteiger partial charge in [-0.15, -0.1) is 0 Å². The number of aromatic amines is 1. The molecule has 0 aliphatic carbocycles. The highest BCUT2D eigenvalue weighted by atomic mass is 16.4. The second-order valence-electron chi connectivity index (χ2n) is 9.20. The van der Waals surface area contributed by atoms with Crippen LogP contribution in [0.3, 0.4) is 0 Å². The van der Waals surface area contributed by atoms with Gasteiger partial charge in [-0.1, -0.05) is 66.7 Å². The van der Waals surface area contributed by atoms with Gasteiger partial charge >= 0.3 is 5.97 Å². The number of aryl methyl sites for hydroxylation is 1. The minimum Gasteiger partial charge on any atom is -0.478 e. The summed E-state index contributed by atoms with van der Waals surface area (Å²) in [5.74, 6) is -0.0929. The number of nitrogens with zero attached hydrogens (tertiary/aromatic N) is 2. The first kappa shape index (κ1) is 24.2. The molecule has 4 N–H and O–H groups in total.